The maximum atomic E-state index is 13.0. The Morgan fingerprint density at radius 1 is 1.43 bits per heavy atom. The van der Waals surface area contributed by atoms with Crippen molar-refractivity contribution in [3.05, 3.63) is 41.1 Å². The van der Waals surface area contributed by atoms with Gasteiger partial charge in [-0.05, 0) is 40.8 Å². The maximum Gasteiger partial charge on any atom is 0.266 e. The van der Waals surface area contributed by atoms with Crippen LogP contribution in [0, 0.1) is 0 Å². The Morgan fingerprint density at radius 2 is 2.39 bits per heavy atom. The van der Waals surface area contributed by atoms with Crippen LogP contribution in [0.5, 0.6) is 0 Å². The van der Waals surface area contributed by atoms with E-state index >= 15 is 0 Å². The summed E-state index contributed by atoms with van der Waals surface area (Å²) in [6.45, 7) is 1.50. The largest absolute Gasteiger partial charge is 0.333 e. The van der Waals surface area contributed by atoms with E-state index in [1.165, 1.54) is 22.3 Å². The minimum Gasteiger partial charge on any atom is -0.333 e. The van der Waals surface area contributed by atoms with Gasteiger partial charge in [0.25, 0.3) is 5.91 Å². The Bertz CT molecular complexity index is 780. The summed E-state index contributed by atoms with van der Waals surface area (Å²) in [5.74, 6) is 0.0418. The van der Waals surface area contributed by atoms with Gasteiger partial charge < -0.3 is 4.90 Å². The minimum atomic E-state index is 0.0418. The van der Waals surface area contributed by atoms with Gasteiger partial charge in [0.2, 0.25) is 0 Å². The highest BCUT2D eigenvalue weighted by Crippen LogP contribution is 2.27. The molecular formula is C14H15N7OS. The summed E-state index contributed by atoms with van der Waals surface area (Å²) >= 11 is 1.42. The highest BCUT2D eigenvalue weighted by molar-refractivity contribution is 7.12. The molecule has 1 fully saturated rings. The molecule has 0 N–H and O–H groups in total. The Morgan fingerprint density at radius 3 is 3.17 bits per heavy atom. The third-order valence-electron chi connectivity index (χ3n) is 4.03. The first kappa shape index (κ1) is 14.1. The summed E-state index contributed by atoms with van der Waals surface area (Å²) in [6, 6.07) is 3.94. The number of amides is 1. The van der Waals surface area contributed by atoms with Gasteiger partial charge in [0.15, 0.2) is 0 Å². The predicted molar refractivity (Wildman–Crippen MR) is 83.3 cm³/mol. The van der Waals surface area contributed by atoms with Crippen LogP contribution in [0.15, 0.2) is 36.2 Å². The number of thiophene rings is 1. The molecule has 0 radical (unpaired) electrons. The number of aromatic nitrogens is 6. The normalized spacial score (nSPS) is 17.7. The molecule has 23 heavy (non-hydrogen) atoms. The first-order valence-corrected chi connectivity index (χ1v) is 8.30. The quantitative estimate of drug-likeness (QED) is 0.719. The van der Waals surface area contributed by atoms with Crippen molar-refractivity contribution >= 4 is 17.2 Å². The summed E-state index contributed by atoms with van der Waals surface area (Å²) in [6.07, 6.45) is 7.21. The fourth-order valence-electron chi connectivity index (χ4n) is 2.96. The van der Waals surface area contributed by atoms with Gasteiger partial charge >= 0.3 is 0 Å². The topological polar surface area (TPSA) is 81.7 Å². The van der Waals surface area contributed by atoms with E-state index in [1.54, 1.807) is 6.20 Å². The molecule has 1 saturated heterocycles. The molecule has 0 aromatic carbocycles. The van der Waals surface area contributed by atoms with Crippen molar-refractivity contribution in [3.63, 3.8) is 0 Å². The summed E-state index contributed by atoms with van der Waals surface area (Å²) in [4.78, 5) is 15.6. The minimum absolute atomic E-state index is 0.0418. The monoisotopic (exact) mass is 329 g/mol. The number of hydrogen-bond donors (Lipinski definition) is 0. The van der Waals surface area contributed by atoms with Crippen molar-refractivity contribution in [2.24, 2.45) is 0 Å². The van der Waals surface area contributed by atoms with Gasteiger partial charge in [-0.2, -0.15) is 9.78 Å². The highest BCUT2D eigenvalue weighted by atomic mass is 32.1. The standard InChI is InChI=1S/C14H15N7OS/c22-14(13-12(4-8-23-13)21-10-15-17-18-21)20-7-1-3-11(20)9-19-6-2-5-16-19/h2,4-6,8,10-11H,1,3,7,9H2/t11-/m1/s1. The van der Waals surface area contributed by atoms with Crippen molar-refractivity contribution < 1.29 is 4.79 Å². The van der Waals surface area contributed by atoms with Crippen LogP contribution in [0.25, 0.3) is 5.69 Å². The number of tetrazole rings is 1. The molecule has 3 aromatic rings. The van der Waals surface area contributed by atoms with Crippen molar-refractivity contribution in [1.82, 2.24) is 34.9 Å². The van der Waals surface area contributed by atoms with Gasteiger partial charge in [0.05, 0.1) is 18.3 Å². The van der Waals surface area contributed by atoms with Crippen LogP contribution in [-0.2, 0) is 6.54 Å². The average Bonchev–Trinajstić information content (AvgIpc) is 3.33. The predicted octanol–water partition coefficient (Wildman–Crippen LogP) is 1.23. The van der Waals surface area contributed by atoms with Crippen LogP contribution in [0.4, 0.5) is 0 Å². The van der Waals surface area contributed by atoms with Crippen LogP contribution in [0.1, 0.15) is 22.5 Å². The Kier molecular flexibility index (Phi) is 3.62. The van der Waals surface area contributed by atoms with Crippen molar-refractivity contribution in [2.75, 3.05) is 6.54 Å². The van der Waals surface area contributed by atoms with Crippen LogP contribution in [0.3, 0.4) is 0 Å². The van der Waals surface area contributed by atoms with E-state index in [0.29, 0.717) is 4.88 Å². The molecule has 118 valence electrons. The Balaban J connectivity index is 1.58. The molecule has 1 aliphatic rings. The number of hydrogen-bond acceptors (Lipinski definition) is 6. The zero-order chi connectivity index (χ0) is 15.6. The summed E-state index contributed by atoms with van der Waals surface area (Å²) < 4.78 is 3.41. The van der Waals surface area contributed by atoms with Crippen LogP contribution < -0.4 is 0 Å². The SMILES string of the molecule is O=C(c1sccc1-n1cnnn1)N1CCC[C@@H]1Cn1cccn1. The molecule has 0 spiro atoms. The Hall–Kier alpha value is -2.55. The van der Waals surface area contributed by atoms with Gasteiger partial charge in [0.1, 0.15) is 11.2 Å². The Labute approximate surface area is 136 Å². The fraction of sp³-hybridized carbons (Fsp3) is 0.357. The van der Waals surface area contributed by atoms with Gasteiger partial charge in [-0.3, -0.25) is 9.48 Å². The number of nitrogens with zero attached hydrogens (tertiary/aromatic N) is 7. The summed E-state index contributed by atoms with van der Waals surface area (Å²) in [5, 5.41) is 17.3. The molecule has 0 saturated carbocycles. The molecule has 4 heterocycles. The molecule has 4 rings (SSSR count). The lowest BCUT2D eigenvalue weighted by Crippen LogP contribution is -2.38. The van der Waals surface area contributed by atoms with Crippen molar-refractivity contribution in [3.8, 4) is 5.69 Å². The summed E-state index contributed by atoms with van der Waals surface area (Å²) in [7, 11) is 0. The highest BCUT2D eigenvalue weighted by Gasteiger charge is 2.31. The smallest absolute Gasteiger partial charge is 0.266 e. The van der Waals surface area contributed by atoms with E-state index in [4.69, 9.17) is 0 Å². The van der Waals surface area contributed by atoms with Crippen LogP contribution in [0.2, 0.25) is 0 Å². The van der Waals surface area contributed by atoms with E-state index < -0.39 is 0 Å². The fourth-order valence-corrected chi connectivity index (χ4v) is 3.80. The molecule has 1 amide bonds. The average molecular weight is 329 g/mol. The second kappa shape index (κ2) is 5.92. The molecule has 0 unspecified atom stereocenters. The molecular weight excluding hydrogens is 314 g/mol. The zero-order valence-electron chi connectivity index (χ0n) is 12.3. The number of likely N-dealkylation sites (tertiary alicyclic amines) is 1. The van der Waals surface area contributed by atoms with Crippen LogP contribution >= 0.6 is 11.3 Å². The van der Waals surface area contributed by atoms with E-state index in [-0.39, 0.29) is 11.9 Å². The lowest BCUT2D eigenvalue weighted by molar-refractivity contribution is 0.0726. The molecule has 0 bridgehead atoms. The molecule has 9 heteroatoms. The second-order valence-corrected chi connectivity index (χ2v) is 6.33. The van der Waals surface area contributed by atoms with Crippen molar-refractivity contribution in [1.29, 1.82) is 0 Å². The van der Waals surface area contributed by atoms with Gasteiger partial charge in [-0.15, -0.1) is 16.4 Å². The van der Waals surface area contributed by atoms with E-state index in [0.717, 1.165) is 31.6 Å². The lowest BCUT2D eigenvalue weighted by atomic mass is 10.2. The zero-order valence-corrected chi connectivity index (χ0v) is 13.1. The third-order valence-corrected chi connectivity index (χ3v) is 4.92. The van der Waals surface area contributed by atoms with E-state index in [9.17, 15) is 4.79 Å². The number of carbonyl (C=O) groups is 1. The first-order chi connectivity index (χ1) is 11.3. The number of carbonyl (C=O) groups excluding carboxylic acids is 1. The van der Waals surface area contributed by atoms with E-state index in [1.807, 2.05) is 33.3 Å². The molecule has 8 nitrogen and oxygen atoms in total. The van der Waals surface area contributed by atoms with E-state index in [2.05, 4.69) is 20.6 Å². The van der Waals surface area contributed by atoms with Gasteiger partial charge in [-0.25, -0.2) is 0 Å². The van der Waals surface area contributed by atoms with Crippen LogP contribution in [-0.4, -0.2) is 53.4 Å². The van der Waals surface area contributed by atoms with Crippen molar-refractivity contribution in [2.45, 2.75) is 25.4 Å². The lowest BCUT2D eigenvalue weighted by Gasteiger charge is -2.24. The molecule has 3 aromatic heterocycles. The first-order valence-electron chi connectivity index (χ1n) is 7.42. The molecule has 1 aliphatic heterocycles. The second-order valence-electron chi connectivity index (χ2n) is 5.41. The molecule has 0 aliphatic carbocycles. The number of rotatable bonds is 4. The van der Waals surface area contributed by atoms with Gasteiger partial charge in [-0.1, -0.05) is 0 Å². The third kappa shape index (κ3) is 2.63. The maximum absolute atomic E-state index is 13.0. The molecule has 1 atom stereocenters. The summed E-state index contributed by atoms with van der Waals surface area (Å²) in [5.41, 5.74) is 0.731. The van der Waals surface area contributed by atoms with Gasteiger partial charge in [0, 0.05) is 18.9 Å².